The summed E-state index contributed by atoms with van der Waals surface area (Å²) in [7, 11) is 0. The number of hydrazine groups is 1. The molecular formula is C19H20N4O2. The number of amides is 2. The van der Waals surface area contributed by atoms with E-state index >= 15 is 0 Å². The highest BCUT2D eigenvalue weighted by atomic mass is 16.2. The quantitative estimate of drug-likeness (QED) is 0.629. The summed E-state index contributed by atoms with van der Waals surface area (Å²) in [6.45, 7) is 6.32. The van der Waals surface area contributed by atoms with Crippen LogP contribution in [0, 0.1) is 0 Å². The zero-order valence-electron chi connectivity index (χ0n) is 14.4. The molecule has 1 heterocycles. The van der Waals surface area contributed by atoms with Gasteiger partial charge >= 0.3 is 0 Å². The molecule has 3 N–H and O–H groups in total. The van der Waals surface area contributed by atoms with Gasteiger partial charge in [0.05, 0.1) is 5.52 Å². The highest BCUT2D eigenvalue weighted by molar-refractivity contribution is 6.05. The van der Waals surface area contributed by atoms with Crippen LogP contribution in [0.15, 0.2) is 48.5 Å². The van der Waals surface area contributed by atoms with Crippen LogP contribution in [0.4, 0.5) is 0 Å². The Balaban J connectivity index is 1.67. The van der Waals surface area contributed by atoms with Crippen LogP contribution in [0.25, 0.3) is 10.9 Å². The lowest BCUT2D eigenvalue weighted by Gasteiger charge is -2.19. The number of aromatic amines is 1. The number of para-hydroxylation sites is 1. The van der Waals surface area contributed by atoms with Crippen molar-refractivity contribution < 1.29 is 9.59 Å². The lowest BCUT2D eigenvalue weighted by molar-refractivity contribution is 0.0845. The molecule has 0 radical (unpaired) electrons. The highest BCUT2D eigenvalue weighted by Crippen LogP contribution is 2.22. The lowest BCUT2D eigenvalue weighted by atomic mass is 9.87. The minimum absolute atomic E-state index is 0.0181. The third-order valence-corrected chi connectivity index (χ3v) is 3.99. The fourth-order valence-electron chi connectivity index (χ4n) is 2.50. The Labute approximate surface area is 145 Å². The first-order valence-electron chi connectivity index (χ1n) is 8.00. The smallest absolute Gasteiger partial charge is 0.277 e. The van der Waals surface area contributed by atoms with Crippen molar-refractivity contribution in [1.29, 1.82) is 0 Å². The summed E-state index contributed by atoms with van der Waals surface area (Å²) in [6.07, 6.45) is 0. The van der Waals surface area contributed by atoms with Gasteiger partial charge in [0.25, 0.3) is 11.8 Å². The maximum Gasteiger partial charge on any atom is 0.290 e. The predicted molar refractivity (Wildman–Crippen MR) is 96.2 cm³/mol. The number of nitrogens with one attached hydrogen (secondary N) is 3. The maximum atomic E-state index is 12.2. The Bertz CT molecular complexity index is 920. The summed E-state index contributed by atoms with van der Waals surface area (Å²) in [5.41, 5.74) is 7.44. The van der Waals surface area contributed by atoms with E-state index in [1.54, 1.807) is 18.2 Å². The second-order valence-electron chi connectivity index (χ2n) is 6.85. The predicted octanol–water partition coefficient (Wildman–Crippen LogP) is 2.94. The second kappa shape index (κ2) is 6.39. The SMILES string of the molecule is CC(C)(C)c1ccc(C(=O)NNC(=O)c2n[nH]c3ccccc23)cc1. The van der Waals surface area contributed by atoms with Gasteiger partial charge < -0.3 is 0 Å². The molecule has 0 bridgehead atoms. The van der Waals surface area contributed by atoms with Crippen LogP contribution in [0.3, 0.4) is 0 Å². The fourth-order valence-corrected chi connectivity index (χ4v) is 2.50. The molecule has 3 rings (SSSR count). The zero-order valence-corrected chi connectivity index (χ0v) is 14.4. The number of carbonyl (C=O) groups excluding carboxylic acids is 2. The van der Waals surface area contributed by atoms with Gasteiger partial charge in [-0.15, -0.1) is 0 Å². The van der Waals surface area contributed by atoms with Crippen LogP contribution < -0.4 is 10.9 Å². The van der Waals surface area contributed by atoms with E-state index in [4.69, 9.17) is 0 Å². The van der Waals surface area contributed by atoms with Crippen molar-refractivity contribution in [3.05, 3.63) is 65.4 Å². The van der Waals surface area contributed by atoms with Gasteiger partial charge in [-0.3, -0.25) is 25.5 Å². The van der Waals surface area contributed by atoms with E-state index in [1.165, 1.54) is 0 Å². The standard InChI is InChI=1S/C19H20N4O2/c1-19(2,3)13-10-8-12(9-11-13)17(24)22-23-18(25)16-14-6-4-5-7-15(14)20-21-16/h4-11H,1-3H3,(H,20,21)(H,22,24)(H,23,25). The third kappa shape index (κ3) is 3.52. The molecule has 0 unspecified atom stereocenters. The van der Waals surface area contributed by atoms with Crippen molar-refractivity contribution in [3.8, 4) is 0 Å². The van der Waals surface area contributed by atoms with Crippen LogP contribution in [0.1, 0.15) is 47.2 Å². The van der Waals surface area contributed by atoms with Gasteiger partial charge in [-0.25, -0.2) is 0 Å². The molecule has 3 aromatic rings. The minimum atomic E-state index is -0.475. The Morgan fingerprint density at radius 2 is 1.56 bits per heavy atom. The molecule has 6 heteroatoms. The molecule has 0 spiro atoms. The van der Waals surface area contributed by atoms with Crippen LogP contribution >= 0.6 is 0 Å². The minimum Gasteiger partial charge on any atom is -0.277 e. The van der Waals surface area contributed by atoms with Gasteiger partial charge in [0.2, 0.25) is 0 Å². The Morgan fingerprint density at radius 3 is 2.24 bits per heavy atom. The van der Waals surface area contributed by atoms with Crippen molar-refractivity contribution in [3.63, 3.8) is 0 Å². The summed E-state index contributed by atoms with van der Waals surface area (Å²) in [5, 5.41) is 7.48. The van der Waals surface area contributed by atoms with E-state index in [9.17, 15) is 9.59 Å². The van der Waals surface area contributed by atoms with Crippen molar-refractivity contribution in [2.45, 2.75) is 26.2 Å². The van der Waals surface area contributed by atoms with E-state index in [0.29, 0.717) is 10.9 Å². The zero-order chi connectivity index (χ0) is 18.0. The summed E-state index contributed by atoms with van der Waals surface area (Å²) < 4.78 is 0. The van der Waals surface area contributed by atoms with E-state index in [1.807, 2.05) is 30.3 Å². The van der Waals surface area contributed by atoms with E-state index < -0.39 is 5.91 Å². The fraction of sp³-hybridized carbons (Fsp3) is 0.211. The molecule has 0 saturated heterocycles. The molecular weight excluding hydrogens is 316 g/mol. The van der Waals surface area contributed by atoms with Crippen molar-refractivity contribution in [2.75, 3.05) is 0 Å². The molecule has 0 aliphatic rings. The Morgan fingerprint density at radius 1 is 0.920 bits per heavy atom. The third-order valence-electron chi connectivity index (χ3n) is 3.99. The van der Waals surface area contributed by atoms with Gasteiger partial charge in [-0.05, 0) is 29.2 Å². The maximum absolute atomic E-state index is 12.2. The summed E-state index contributed by atoms with van der Waals surface area (Å²) in [5.74, 6) is -0.856. The average Bonchev–Trinajstić information content (AvgIpc) is 3.03. The number of benzene rings is 2. The monoisotopic (exact) mass is 336 g/mol. The van der Waals surface area contributed by atoms with Crippen LogP contribution in [0.5, 0.6) is 0 Å². The first-order chi connectivity index (χ1) is 11.9. The first kappa shape index (κ1) is 16.7. The molecule has 0 aliphatic heterocycles. The first-order valence-corrected chi connectivity index (χ1v) is 8.00. The number of carbonyl (C=O) groups is 2. The molecule has 128 valence electrons. The van der Waals surface area contributed by atoms with E-state index in [2.05, 4.69) is 41.8 Å². The van der Waals surface area contributed by atoms with Crippen molar-refractivity contribution in [2.24, 2.45) is 0 Å². The average molecular weight is 336 g/mol. The van der Waals surface area contributed by atoms with E-state index in [-0.39, 0.29) is 17.0 Å². The number of aromatic nitrogens is 2. The largest absolute Gasteiger partial charge is 0.290 e. The molecule has 2 aromatic carbocycles. The molecule has 0 aliphatic carbocycles. The van der Waals surface area contributed by atoms with E-state index in [0.717, 1.165) is 11.1 Å². The molecule has 6 nitrogen and oxygen atoms in total. The summed E-state index contributed by atoms with van der Waals surface area (Å²) >= 11 is 0. The molecule has 2 amide bonds. The topological polar surface area (TPSA) is 86.9 Å². The molecule has 0 atom stereocenters. The molecule has 25 heavy (non-hydrogen) atoms. The molecule has 0 fully saturated rings. The second-order valence-corrected chi connectivity index (χ2v) is 6.85. The van der Waals surface area contributed by atoms with Crippen molar-refractivity contribution >= 4 is 22.7 Å². The number of rotatable bonds is 2. The van der Waals surface area contributed by atoms with Crippen molar-refractivity contribution in [1.82, 2.24) is 21.0 Å². The lowest BCUT2D eigenvalue weighted by Crippen LogP contribution is -2.41. The summed E-state index contributed by atoms with van der Waals surface area (Å²) in [6, 6.07) is 14.6. The van der Waals surface area contributed by atoms with Gasteiger partial charge in [-0.1, -0.05) is 51.1 Å². The molecule has 0 saturated carbocycles. The Kier molecular flexibility index (Phi) is 4.27. The van der Waals surface area contributed by atoms with Gasteiger partial charge in [0, 0.05) is 10.9 Å². The number of H-pyrrole nitrogens is 1. The normalized spacial score (nSPS) is 11.3. The molecule has 1 aromatic heterocycles. The van der Waals surface area contributed by atoms with Crippen LogP contribution in [-0.4, -0.2) is 22.0 Å². The highest BCUT2D eigenvalue weighted by Gasteiger charge is 2.16. The number of hydrogen-bond donors (Lipinski definition) is 3. The van der Waals surface area contributed by atoms with Gasteiger partial charge in [-0.2, -0.15) is 5.10 Å². The number of fused-ring (bicyclic) bond motifs is 1. The number of nitrogens with zero attached hydrogens (tertiary/aromatic N) is 1. The summed E-state index contributed by atoms with van der Waals surface area (Å²) in [4.78, 5) is 24.4. The Hall–Kier alpha value is -3.15. The number of hydrogen-bond acceptors (Lipinski definition) is 3. The van der Waals surface area contributed by atoms with Gasteiger partial charge in [0.1, 0.15) is 0 Å². The van der Waals surface area contributed by atoms with Crippen LogP contribution in [-0.2, 0) is 5.41 Å². The van der Waals surface area contributed by atoms with Crippen LogP contribution in [0.2, 0.25) is 0 Å². The van der Waals surface area contributed by atoms with Gasteiger partial charge in [0.15, 0.2) is 5.69 Å².